The lowest BCUT2D eigenvalue weighted by Crippen LogP contribution is -2.26. The topological polar surface area (TPSA) is 81.7 Å². The van der Waals surface area contributed by atoms with Crippen LogP contribution in [0.15, 0.2) is 72.8 Å². The van der Waals surface area contributed by atoms with E-state index in [9.17, 15) is 14.7 Å². The van der Waals surface area contributed by atoms with E-state index in [1.54, 1.807) is 31.3 Å². The highest BCUT2D eigenvalue weighted by Crippen LogP contribution is 2.42. The Bertz CT molecular complexity index is 1510. The van der Waals surface area contributed by atoms with Crippen LogP contribution < -0.4 is 10.6 Å². The molecule has 2 aliphatic rings. The summed E-state index contributed by atoms with van der Waals surface area (Å²) < 4.78 is 0. The molecule has 6 nitrogen and oxygen atoms in total. The van der Waals surface area contributed by atoms with Crippen molar-refractivity contribution in [3.05, 3.63) is 111 Å². The van der Waals surface area contributed by atoms with Gasteiger partial charge in [0, 0.05) is 54.5 Å². The van der Waals surface area contributed by atoms with Crippen LogP contribution in [0.1, 0.15) is 51.9 Å². The lowest BCUT2D eigenvalue weighted by Gasteiger charge is -2.19. The zero-order valence-corrected chi connectivity index (χ0v) is 24.4. The van der Waals surface area contributed by atoms with Crippen molar-refractivity contribution in [2.75, 3.05) is 32.0 Å². The zero-order chi connectivity index (χ0) is 28.9. The molecule has 0 spiro atoms. The molecule has 1 amide bonds. The molecule has 3 aromatic carbocycles. The minimum Gasteiger partial charge on any atom is -0.478 e. The number of nitrogens with one attached hydrogen (secondary N) is 2. The van der Waals surface area contributed by atoms with Crippen LogP contribution in [0.3, 0.4) is 0 Å². The maximum Gasteiger partial charge on any atom is 0.335 e. The molecule has 1 atom stereocenters. The number of nitrogens with zero attached hydrogens (tertiary/aromatic N) is 1. The van der Waals surface area contributed by atoms with E-state index in [4.69, 9.17) is 23.2 Å². The van der Waals surface area contributed by atoms with E-state index in [0.29, 0.717) is 21.7 Å². The Morgan fingerprint density at radius 3 is 2.54 bits per heavy atom. The number of anilines is 1. The fourth-order valence-electron chi connectivity index (χ4n) is 5.73. The van der Waals surface area contributed by atoms with E-state index in [1.165, 1.54) is 0 Å². The summed E-state index contributed by atoms with van der Waals surface area (Å²) in [7, 11) is 1.63. The van der Waals surface area contributed by atoms with Gasteiger partial charge in [0.2, 0.25) is 5.91 Å². The molecule has 0 saturated carbocycles. The van der Waals surface area contributed by atoms with Crippen LogP contribution in [0.5, 0.6) is 0 Å². The number of amides is 1. The van der Waals surface area contributed by atoms with E-state index in [0.717, 1.165) is 84.4 Å². The van der Waals surface area contributed by atoms with Crippen molar-refractivity contribution in [2.24, 2.45) is 0 Å². The lowest BCUT2D eigenvalue weighted by molar-refractivity contribution is -0.116. The number of benzene rings is 3. The Labute approximate surface area is 250 Å². The van der Waals surface area contributed by atoms with Gasteiger partial charge in [-0.2, -0.15) is 0 Å². The Hall–Kier alpha value is -3.58. The van der Waals surface area contributed by atoms with Crippen molar-refractivity contribution in [3.63, 3.8) is 0 Å². The second-order valence-corrected chi connectivity index (χ2v) is 11.3. The minimum absolute atomic E-state index is 0.0887. The highest BCUT2D eigenvalue weighted by atomic mass is 35.5. The molecule has 3 N–H and O–H groups in total. The van der Waals surface area contributed by atoms with Crippen molar-refractivity contribution >= 4 is 51.9 Å². The van der Waals surface area contributed by atoms with Gasteiger partial charge >= 0.3 is 5.97 Å². The fraction of sp³-hybridized carbons (Fsp3) is 0.273. The monoisotopic (exact) mass is 589 g/mol. The number of carboxylic acid groups (broad SMARTS) is 1. The quantitative estimate of drug-likeness (QED) is 0.252. The third kappa shape index (κ3) is 6.84. The number of carbonyl (C=O) groups is 2. The molecule has 212 valence electrons. The number of halogens is 2. The first kappa shape index (κ1) is 28.9. The Morgan fingerprint density at radius 1 is 1.02 bits per heavy atom. The van der Waals surface area contributed by atoms with Crippen molar-refractivity contribution in [3.8, 4) is 0 Å². The molecule has 0 radical (unpaired) electrons. The van der Waals surface area contributed by atoms with Crippen LogP contribution in [-0.2, 0) is 11.2 Å². The molecule has 1 aliphatic heterocycles. The molecule has 0 bridgehead atoms. The van der Waals surface area contributed by atoms with Gasteiger partial charge in [-0.1, -0.05) is 53.5 Å². The van der Waals surface area contributed by atoms with Gasteiger partial charge in [-0.25, -0.2) is 4.79 Å². The molecule has 1 saturated heterocycles. The smallest absolute Gasteiger partial charge is 0.335 e. The average molecular weight is 591 g/mol. The third-order valence-electron chi connectivity index (χ3n) is 7.75. The summed E-state index contributed by atoms with van der Waals surface area (Å²) in [4.78, 5) is 25.5. The molecule has 3 aromatic rings. The van der Waals surface area contributed by atoms with Gasteiger partial charge in [-0.15, -0.1) is 0 Å². The van der Waals surface area contributed by atoms with Gasteiger partial charge in [0.25, 0.3) is 0 Å². The average Bonchev–Trinajstić information content (AvgIpc) is 3.31. The number of aryl methyl sites for hydroxylation is 1. The van der Waals surface area contributed by atoms with Crippen molar-refractivity contribution in [1.29, 1.82) is 0 Å². The first-order valence-corrected chi connectivity index (χ1v) is 14.6. The third-order valence-corrected chi connectivity index (χ3v) is 8.30. The molecule has 0 aromatic heterocycles. The van der Waals surface area contributed by atoms with Crippen molar-refractivity contribution in [1.82, 2.24) is 10.2 Å². The first-order valence-electron chi connectivity index (χ1n) is 13.8. The molecular formula is C33H33Cl2N3O3. The molecule has 41 heavy (non-hydrogen) atoms. The van der Waals surface area contributed by atoms with Crippen LogP contribution in [0.25, 0.3) is 11.1 Å². The predicted molar refractivity (Wildman–Crippen MR) is 167 cm³/mol. The van der Waals surface area contributed by atoms with Crippen molar-refractivity contribution in [2.45, 2.75) is 31.7 Å². The van der Waals surface area contributed by atoms with Crippen LogP contribution in [0.4, 0.5) is 5.69 Å². The largest absolute Gasteiger partial charge is 0.478 e. The summed E-state index contributed by atoms with van der Waals surface area (Å²) in [6.07, 6.45) is 6.97. The first-order chi connectivity index (χ1) is 19.8. The lowest BCUT2D eigenvalue weighted by atomic mass is 9.87. The van der Waals surface area contributed by atoms with Gasteiger partial charge < -0.3 is 15.7 Å². The fourth-order valence-corrected chi connectivity index (χ4v) is 6.25. The molecule has 8 heteroatoms. The SMILES string of the molecule is CNC(=O)/C=C/CN1CC[C@H](Nc2ccc(C3=C(c4ccc(Cl)cc4Cl)CCCc4cc(C(=O)O)ccc43)cc2)C1. The number of fused-ring (bicyclic) bond motifs is 1. The van der Waals surface area contributed by atoms with Crippen LogP contribution in [-0.4, -0.2) is 54.6 Å². The second kappa shape index (κ2) is 12.9. The highest BCUT2D eigenvalue weighted by Gasteiger charge is 2.24. The number of likely N-dealkylation sites (tertiary alicyclic amines) is 1. The number of hydrogen-bond acceptors (Lipinski definition) is 4. The number of aromatic carboxylic acids is 1. The summed E-state index contributed by atoms with van der Waals surface area (Å²) in [5, 5.41) is 17.0. The summed E-state index contributed by atoms with van der Waals surface area (Å²) in [6.45, 7) is 2.63. The van der Waals surface area contributed by atoms with Crippen LogP contribution in [0, 0.1) is 0 Å². The zero-order valence-electron chi connectivity index (χ0n) is 22.9. The molecule has 1 heterocycles. The van der Waals surface area contributed by atoms with E-state index in [-0.39, 0.29) is 5.91 Å². The summed E-state index contributed by atoms with van der Waals surface area (Å²) in [6, 6.07) is 19.8. The number of rotatable bonds is 8. The molecule has 5 rings (SSSR count). The van der Waals surface area contributed by atoms with E-state index < -0.39 is 5.97 Å². The molecule has 1 fully saturated rings. The van der Waals surface area contributed by atoms with Gasteiger partial charge in [-0.05, 0) is 95.5 Å². The second-order valence-electron chi connectivity index (χ2n) is 10.5. The van der Waals surface area contributed by atoms with Crippen LogP contribution in [0.2, 0.25) is 10.0 Å². The standard InChI is InChI=1S/C33H33Cl2N3O3/c1-36-31(39)6-3-16-38-17-15-26(20-38)37-25-11-7-21(8-12-25)32-27-13-9-23(33(40)41)18-22(27)4-2-5-29(32)28-14-10-24(34)19-30(28)35/h3,6-14,18-19,26,37H,2,4-5,15-17,20H2,1H3,(H,36,39)(H,40,41)/b6-3+/t26-/m0/s1. The maximum atomic E-state index is 11.7. The van der Waals surface area contributed by atoms with Crippen molar-refractivity contribution < 1.29 is 14.7 Å². The van der Waals surface area contributed by atoms with E-state index in [1.807, 2.05) is 24.3 Å². The molecule has 1 aliphatic carbocycles. The molecular weight excluding hydrogens is 557 g/mol. The van der Waals surface area contributed by atoms with E-state index >= 15 is 0 Å². The minimum atomic E-state index is -0.924. The Balaban J connectivity index is 1.43. The normalized spacial score (nSPS) is 17.4. The summed E-state index contributed by atoms with van der Waals surface area (Å²) in [5.41, 5.74) is 7.60. The Morgan fingerprint density at radius 2 is 1.80 bits per heavy atom. The number of hydrogen-bond donors (Lipinski definition) is 3. The number of carbonyl (C=O) groups excluding carboxylic acids is 1. The molecule has 0 unspecified atom stereocenters. The number of carboxylic acids is 1. The van der Waals surface area contributed by atoms with E-state index in [2.05, 4.69) is 39.8 Å². The van der Waals surface area contributed by atoms with Gasteiger partial charge in [0.05, 0.1) is 5.56 Å². The summed E-state index contributed by atoms with van der Waals surface area (Å²) in [5.74, 6) is -1.01. The predicted octanol–water partition coefficient (Wildman–Crippen LogP) is 6.78. The van der Waals surface area contributed by atoms with Crippen LogP contribution >= 0.6 is 23.2 Å². The summed E-state index contributed by atoms with van der Waals surface area (Å²) >= 11 is 12.9. The van der Waals surface area contributed by atoms with Gasteiger partial charge in [0.1, 0.15) is 0 Å². The Kier molecular flexibility index (Phi) is 9.13. The number of allylic oxidation sites excluding steroid dienone is 1. The van der Waals surface area contributed by atoms with Gasteiger partial charge in [-0.3, -0.25) is 9.69 Å². The highest BCUT2D eigenvalue weighted by molar-refractivity contribution is 6.36. The number of likely N-dealkylation sites (N-methyl/N-ethyl adjacent to an activating group) is 1. The maximum absolute atomic E-state index is 11.7. The van der Waals surface area contributed by atoms with Gasteiger partial charge in [0.15, 0.2) is 0 Å².